The third-order valence-corrected chi connectivity index (χ3v) is 3.26. The van der Waals surface area contributed by atoms with Gasteiger partial charge in [-0.25, -0.2) is 0 Å². The fourth-order valence-corrected chi connectivity index (χ4v) is 2.01. The summed E-state index contributed by atoms with van der Waals surface area (Å²) in [6, 6.07) is 7.70. The lowest BCUT2D eigenvalue weighted by Crippen LogP contribution is -2.37. The highest BCUT2D eigenvalue weighted by molar-refractivity contribution is 7.84. The quantitative estimate of drug-likeness (QED) is 0.810. The number of hydrogen-bond acceptors (Lipinski definition) is 3. The fourth-order valence-electron chi connectivity index (χ4n) is 1.49. The van der Waals surface area contributed by atoms with Gasteiger partial charge in [0.25, 0.3) is 0 Å². The van der Waals surface area contributed by atoms with Crippen LogP contribution in [0.4, 0.5) is 0 Å². The van der Waals surface area contributed by atoms with Crippen molar-refractivity contribution in [2.24, 2.45) is 0 Å². The van der Waals surface area contributed by atoms with Gasteiger partial charge in [-0.05, 0) is 31.5 Å². The van der Waals surface area contributed by atoms with E-state index in [2.05, 4.69) is 10.6 Å². The van der Waals surface area contributed by atoms with E-state index in [1.165, 1.54) is 0 Å². The molecule has 1 rings (SSSR count). The van der Waals surface area contributed by atoms with Gasteiger partial charge < -0.3 is 10.6 Å². The molecule has 0 aliphatic rings. The molecule has 1 aromatic rings. The molecule has 5 heteroatoms. The second-order valence-corrected chi connectivity index (χ2v) is 5.80. The standard InChI is InChI=1S/C13H20N2O2S/c1-10(2)15-13(16)9-14-8-11-4-6-12(7-5-11)18(3)17/h4-7,10,14H,8-9H2,1-3H3,(H,15,16). The summed E-state index contributed by atoms with van der Waals surface area (Å²) in [5.74, 6) is -0.00344. The third kappa shape index (κ3) is 5.42. The highest BCUT2D eigenvalue weighted by atomic mass is 32.2. The molecular weight excluding hydrogens is 248 g/mol. The van der Waals surface area contributed by atoms with Crippen molar-refractivity contribution in [3.63, 3.8) is 0 Å². The van der Waals surface area contributed by atoms with Gasteiger partial charge in [0.2, 0.25) is 5.91 Å². The van der Waals surface area contributed by atoms with Crippen LogP contribution in [0.15, 0.2) is 29.2 Å². The van der Waals surface area contributed by atoms with Crippen LogP contribution in [0, 0.1) is 0 Å². The molecule has 1 atom stereocenters. The van der Waals surface area contributed by atoms with Crippen molar-refractivity contribution in [2.75, 3.05) is 12.8 Å². The second-order valence-electron chi connectivity index (χ2n) is 4.42. The summed E-state index contributed by atoms with van der Waals surface area (Å²) in [5, 5.41) is 5.88. The summed E-state index contributed by atoms with van der Waals surface area (Å²) < 4.78 is 11.2. The minimum absolute atomic E-state index is 0.00344. The summed E-state index contributed by atoms with van der Waals surface area (Å²) in [7, 11) is -0.942. The SMILES string of the molecule is CC(C)NC(=O)CNCc1ccc(S(C)=O)cc1. The number of carbonyl (C=O) groups is 1. The number of rotatable bonds is 6. The lowest BCUT2D eigenvalue weighted by Gasteiger charge is -2.09. The Morgan fingerprint density at radius 2 is 1.89 bits per heavy atom. The zero-order valence-electron chi connectivity index (χ0n) is 11.0. The molecule has 0 fully saturated rings. The predicted molar refractivity (Wildman–Crippen MR) is 73.8 cm³/mol. The van der Waals surface area contributed by atoms with Crippen LogP contribution in [0.2, 0.25) is 0 Å². The summed E-state index contributed by atoms with van der Waals surface area (Å²) in [5.41, 5.74) is 1.07. The molecule has 0 saturated heterocycles. The molecule has 0 spiro atoms. The average molecular weight is 268 g/mol. The van der Waals surface area contributed by atoms with E-state index in [1.807, 2.05) is 38.1 Å². The molecule has 2 N–H and O–H groups in total. The van der Waals surface area contributed by atoms with E-state index in [4.69, 9.17) is 0 Å². The molecule has 0 aliphatic carbocycles. The Bertz CT molecular complexity index is 416. The molecule has 1 unspecified atom stereocenters. The molecule has 1 amide bonds. The van der Waals surface area contributed by atoms with Crippen molar-refractivity contribution < 1.29 is 9.00 Å². The Kier molecular flexibility index (Phi) is 6.01. The first-order chi connectivity index (χ1) is 8.49. The lowest BCUT2D eigenvalue weighted by atomic mass is 10.2. The van der Waals surface area contributed by atoms with Crippen LogP contribution >= 0.6 is 0 Å². The summed E-state index contributed by atoms with van der Waals surface area (Å²) in [6.45, 7) is 4.80. The first-order valence-electron chi connectivity index (χ1n) is 5.91. The maximum Gasteiger partial charge on any atom is 0.234 e. The van der Waals surface area contributed by atoms with Crippen molar-refractivity contribution in [1.29, 1.82) is 0 Å². The van der Waals surface area contributed by atoms with E-state index in [0.29, 0.717) is 13.1 Å². The number of benzene rings is 1. The Morgan fingerprint density at radius 1 is 1.28 bits per heavy atom. The molecule has 0 saturated carbocycles. The lowest BCUT2D eigenvalue weighted by molar-refractivity contribution is -0.120. The van der Waals surface area contributed by atoms with Crippen LogP contribution in [0.3, 0.4) is 0 Å². The van der Waals surface area contributed by atoms with Crippen LogP contribution in [0.1, 0.15) is 19.4 Å². The van der Waals surface area contributed by atoms with Gasteiger partial charge in [-0.15, -0.1) is 0 Å². The Hall–Kier alpha value is -1.20. The zero-order valence-corrected chi connectivity index (χ0v) is 11.8. The number of amides is 1. The summed E-state index contributed by atoms with van der Waals surface area (Å²) in [6.07, 6.45) is 1.66. The van der Waals surface area contributed by atoms with Gasteiger partial charge in [-0.2, -0.15) is 0 Å². The molecular formula is C13H20N2O2S. The summed E-state index contributed by atoms with van der Waals surface area (Å²) >= 11 is 0. The Balaban J connectivity index is 2.35. The van der Waals surface area contributed by atoms with Gasteiger partial charge in [0.05, 0.1) is 6.54 Å². The van der Waals surface area contributed by atoms with Gasteiger partial charge in [0.1, 0.15) is 0 Å². The largest absolute Gasteiger partial charge is 0.353 e. The highest BCUT2D eigenvalue weighted by Gasteiger charge is 2.02. The monoisotopic (exact) mass is 268 g/mol. The van der Waals surface area contributed by atoms with E-state index in [9.17, 15) is 9.00 Å². The molecule has 100 valence electrons. The zero-order chi connectivity index (χ0) is 13.5. The molecule has 0 bridgehead atoms. The third-order valence-electron chi connectivity index (χ3n) is 2.32. The highest BCUT2D eigenvalue weighted by Crippen LogP contribution is 2.07. The van der Waals surface area contributed by atoms with Crippen molar-refractivity contribution >= 4 is 16.7 Å². The Morgan fingerprint density at radius 3 is 2.39 bits per heavy atom. The van der Waals surface area contributed by atoms with Gasteiger partial charge in [0.15, 0.2) is 0 Å². The number of carbonyl (C=O) groups excluding carboxylic acids is 1. The maximum atomic E-state index is 11.4. The van der Waals surface area contributed by atoms with Crippen LogP contribution in [-0.4, -0.2) is 29.0 Å². The van der Waals surface area contributed by atoms with Crippen LogP contribution < -0.4 is 10.6 Å². The molecule has 0 aliphatic heterocycles. The molecule has 18 heavy (non-hydrogen) atoms. The van der Waals surface area contributed by atoms with Crippen LogP contribution in [0.25, 0.3) is 0 Å². The van der Waals surface area contributed by atoms with Crippen LogP contribution in [-0.2, 0) is 22.1 Å². The fraction of sp³-hybridized carbons (Fsp3) is 0.462. The normalized spacial score (nSPS) is 12.4. The number of hydrogen-bond donors (Lipinski definition) is 2. The predicted octanol–water partition coefficient (Wildman–Crippen LogP) is 1.04. The van der Waals surface area contributed by atoms with E-state index in [1.54, 1.807) is 6.26 Å². The van der Waals surface area contributed by atoms with E-state index >= 15 is 0 Å². The van der Waals surface area contributed by atoms with Crippen molar-refractivity contribution in [2.45, 2.75) is 31.3 Å². The molecule has 0 aromatic heterocycles. The maximum absolute atomic E-state index is 11.4. The first-order valence-corrected chi connectivity index (χ1v) is 7.47. The van der Waals surface area contributed by atoms with E-state index < -0.39 is 10.8 Å². The molecule has 4 nitrogen and oxygen atoms in total. The average Bonchev–Trinajstić information content (AvgIpc) is 2.28. The Labute approximate surface area is 111 Å². The van der Waals surface area contributed by atoms with E-state index in [0.717, 1.165) is 10.5 Å². The van der Waals surface area contributed by atoms with Gasteiger partial charge in [0, 0.05) is 34.5 Å². The van der Waals surface area contributed by atoms with Gasteiger partial charge >= 0.3 is 0 Å². The molecule has 0 radical (unpaired) electrons. The molecule has 0 heterocycles. The molecule has 1 aromatic carbocycles. The van der Waals surface area contributed by atoms with Crippen molar-refractivity contribution in [1.82, 2.24) is 10.6 Å². The van der Waals surface area contributed by atoms with Gasteiger partial charge in [-0.3, -0.25) is 9.00 Å². The topological polar surface area (TPSA) is 58.2 Å². The van der Waals surface area contributed by atoms with Crippen molar-refractivity contribution in [3.05, 3.63) is 29.8 Å². The van der Waals surface area contributed by atoms with E-state index in [-0.39, 0.29) is 11.9 Å². The minimum Gasteiger partial charge on any atom is -0.353 e. The first kappa shape index (κ1) is 14.9. The minimum atomic E-state index is -0.942. The summed E-state index contributed by atoms with van der Waals surface area (Å²) in [4.78, 5) is 12.2. The van der Waals surface area contributed by atoms with Crippen LogP contribution in [0.5, 0.6) is 0 Å². The van der Waals surface area contributed by atoms with Gasteiger partial charge in [-0.1, -0.05) is 12.1 Å². The smallest absolute Gasteiger partial charge is 0.234 e. The second kappa shape index (κ2) is 7.28. The van der Waals surface area contributed by atoms with Crippen molar-refractivity contribution in [3.8, 4) is 0 Å². The number of nitrogens with one attached hydrogen (secondary N) is 2.